The summed E-state index contributed by atoms with van der Waals surface area (Å²) >= 11 is 0. The van der Waals surface area contributed by atoms with Crippen LogP contribution < -0.4 is 10.6 Å². The van der Waals surface area contributed by atoms with Crippen LogP contribution >= 0.6 is 0 Å². The molecule has 164 valence electrons. The van der Waals surface area contributed by atoms with Gasteiger partial charge in [-0.25, -0.2) is 0 Å². The summed E-state index contributed by atoms with van der Waals surface area (Å²) in [5.74, 6) is 1.20. The number of nitrogens with zero attached hydrogens (tertiary/aromatic N) is 2. The van der Waals surface area contributed by atoms with Gasteiger partial charge in [0.05, 0.1) is 12.0 Å². The predicted molar refractivity (Wildman–Crippen MR) is 129 cm³/mol. The zero-order chi connectivity index (χ0) is 21.9. The molecule has 0 saturated heterocycles. The van der Waals surface area contributed by atoms with E-state index in [0.717, 1.165) is 51.6 Å². The fourth-order valence-electron chi connectivity index (χ4n) is 4.33. The Morgan fingerprint density at radius 3 is 2.57 bits per heavy atom. The zero-order valence-electron chi connectivity index (χ0n) is 19.3. The molecule has 0 aliphatic heterocycles. The Bertz CT molecular complexity index is 713. The van der Waals surface area contributed by atoms with Crippen molar-refractivity contribution in [2.45, 2.75) is 71.8 Å². The monoisotopic (exact) mass is 407 g/mol. The molecule has 1 aromatic carbocycles. The van der Waals surface area contributed by atoms with Gasteiger partial charge in [-0.3, -0.25) is 0 Å². The van der Waals surface area contributed by atoms with Crippen molar-refractivity contribution in [2.24, 2.45) is 23.5 Å². The van der Waals surface area contributed by atoms with Gasteiger partial charge >= 0.3 is 0 Å². The number of anilines is 1. The van der Waals surface area contributed by atoms with E-state index in [0.29, 0.717) is 11.8 Å². The molecular weight excluding hydrogens is 366 g/mol. The topological polar surface area (TPSA) is 53.0 Å². The molecule has 0 saturated carbocycles. The summed E-state index contributed by atoms with van der Waals surface area (Å²) in [5, 5.41) is 9.66. The highest BCUT2D eigenvalue weighted by atomic mass is 15.1. The van der Waals surface area contributed by atoms with Crippen LogP contribution in [0.3, 0.4) is 0 Å². The van der Waals surface area contributed by atoms with Gasteiger partial charge in [-0.1, -0.05) is 43.7 Å². The second-order valence-electron chi connectivity index (χ2n) is 9.37. The fraction of sp³-hybridized carbons (Fsp3) is 0.593. The van der Waals surface area contributed by atoms with E-state index in [-0.39, 0.29) is 12.0 Å². The summed E-state index contributed by atoms with van der Waals surface area (Å²) in [6, 6.07) is 11.6. The summed E-state index contributed by atoms with van der Waals surface area (Å²) in [6.45, 7) is 12.9. The average Bonchev–Trinajstić information content (AvgIpc) is 2.73. The van der Waals surface area contributed by atoms with Gasteiger partial charge in [0.2, 0.25) is 0 Å². The molecule has 2 rings (SSSR count). The van der Waals surface area contributed by atoms with Gasteiger partial charge < -0.3 is 10.6 Å². The van der Waals surface area contributed by atoms with E-state index in [4.69, 9.17) is 5.73 Å². The van der Waals surface area contributed by atoms with Gasteiger partial charge in [0.1, 0.15) is 0 Å². The van der Waals surface area contributed by atoms with Crippen LogP contribution in [0.5, 0.6) is 0 Å². The standard InChI is InChI=1S/C27H41N3/c1-5-16-30(20-22(4)7-6-21(2)3)27-14-10-24(11-15-27)18-25(19-28)17-23-8-12-26(29)13-9-23/h8,10-12,14-15,22-23,25-26H,2,5-7,9,13,16-18,20,29H2,1,3-4H3. The Morgan fingerprint density at radius 2 is 2.00 bits per heavy atom. The van der Waals surface area contributed by atoms with Crippen molar-refractivity contribution in [1.82, 2.24) is 0 Å². The molecule has 30 heavy (non-hydrogen) atoms. The maximum atomic E-state index is 9.66. The van der Waals surface area contributed by atoms with Gasteiger partial charge in [-0.2, -0.15) is 5.26 Å². The van der Waals surface area contributed by atoms with Crippen molar-refractivity contribution in [1.29, 1.82) is 5.26 Å². The van der Waals surface area contributed by atoms with Crippen LogP contribution in [-0.4, -0.2) is 19.1 Å². The number of nitrogens with two attached hydrogens (primary N) is 1. The zero-order valence-corrected chi connectivity index (χ0v) is 19.3. The van der Waals surface area contributed by atoms with Crippen LogP contribution in [0.15, 0.2) is 48.6 Å². The Hall–Kier alpha value is -2.05. The summed E-state index contributed by atoms with van der Waals surface area (Å²) in [4.78, 5) is 2.50. The molecule has 0 amide bonds. The van der Waals surface area contributed by atoms with Crippen LogP contribution in [0.4, 0.5) is 5.69 Å². The molecule has 0 fully saturated rings. The minimum absolute atomic E-state index is 0.0636. The Kier molecular flexibility index (Phi) is 10.2. The molecular formula is C27H41N3. The van der Waals surface area contributed by atoms with Crippen molar-refractivity contribution < 1.29 is 0 Å². The third-order valence-electron chi connectivity index (χ3n) is 6.14. The number of rotatable bonds is 12. The first-order valence-electron chi connectivity index (χ1n) is 11.7. The molecule has 0 bridgehead atoms. The molecule has 0 heterocycles. The lowest BCUT2D eigenvalue weighted by Crippen LogP contribution is -2.29. The Morgan fingerprint density at radius 1 is 1.27 bits per heavy atom. The first-order chi connectivity index (χ1) is 14.4. The summed E-state index contributed by atoms with van der Waals surface area (Å²) in [7, 11) is 0. The van der Waals surface area contributed by atoms with Crippen LogP contribution in [0.1, 0.15) is 64.9 Å². The Balaban J connectivity index is 1.94. The van der Waals surface area contributed by atoms with Crippen LogP contribution in [0.25, 0.3) is 0 Å². The van der Waals surface area contributed by atoms with Gasteiger partial charge in [0.25, 0.3) is 0 Å². The lowest BCUT2D eigenvalue weighted by atomic mass is 9.84. The van der Waals surface area contributed by atoms with E-state index in [1.54, 1.807) is 0 Å². The van der Waals surface area contributed by atoms with E-state index >= 15 is 0 Å². The minimum atomic E-state index is 0.0636. The fourth-order valence-corrected chi connectivity index (χ4v) is 4.33. The maximum absolute atomic E-state index is 9.66. The van der Waals surface area contributed by atoms with E-state index in [2.05, 4.69) is 74.7 Å². The van der Waals surface area contributed by atoms with E-state index < -0.39 is 0 Å². The lowest BCUT2D eigenvalue weighted by molar-refractivity contribution is 0.427. The molecule has 0 aromatic heterocycles. The Labute approximate surface area is 184 Å². The number of benzene rings is 1. The second kappa shape index (κ2) is 12.6. The molecule has 3 nitrogen and oxygen atoms in total. The molecule has 2 N–H and O–H groups in total. The molecule has 0 spiro atoms. The highest BCUT2D eigenvalue weighted by molar-refractivity contribution is 5.47. The molecule has 4 unspecified atom stereocenters. The van der Waals surface area contributed by atoms with Crippen LogP contribution in [0.2, 0.25) is 0 Å². The van der Waals surface area contributed by atoms with Crippen molar-refractivity contribution >= 4 is 5.69 Å². The highest BCUT2D eigenvalue weighted by Crippen LogP contribution is 2.26. The second-order valence-corrected chi connectivity index (χ2v) is 9.37. The third kappa shape index (κ3) is 8.36. The number of allylic oxidation sites excluding steroid dienone is 2. The highest BCUT2D eigenvalue weighted by Gasteiger charge is 2.19. The summed E-state index contributed by atoms with van der Waals surface area (Å²) < 4.78 is 0. The summed E-state index contributed by atoms with van der Waals surface area (Å²) in [6.07, 6.45) is 11.7. The van der Waals surface area contributed by atoms with Crippen molar-refractivity contribution in [2.75, 3.05) is 18.0 Å². The number of hydrogen-bond acceptors (Lipinski definition) is 3. The SMILES string of the molecule is C=C(C)CCC(C)CN(CCC)c1ccc(CC(C#N)CC2C=CC(N)CC2)cc1. The molecule has 3 heteroatoms. The van der Waals surface area contributed by atoms with Gasteiger partial charge in [0.15, 0.2) is 0 Å². The van der Waals surface area contributed by atoms with Crippen LogP contribution in [-0.2, 0) is 6.42 Å². The van der Waals surface area contributed by atoms with E-state index in [1.165, 1.54) is 23.2 Å². The van der Waals surface area contributed by atoms with E-state index in [9.17, 15) is 5.26 Å². The quantitative estimate of drug-likeness (QED) is 0.416. The van der Waals surface area contributed by atoms with Crippen molar-refractivity contribution in [3.05, 3.63) is 54.1 Å². The maximum Gasteiger partial charge on any atom is 0.0659 e. The molecule has 4 atom stereocenters. The largest absolute Gasteiger partial charge is 0.371 e. The van der Waals surface area contributed by atoms with Crippen molar-refractivity contribution in [3.63, 3.8) is 0 Å². The van der Waals surface area contributed by atoms with Gasteiger partial charge in [-0.15, -0.1) is 6.58 Å². The molecule has 0 radical (unpaired) electrons. The minimum Gasteiger partial charge on any atom is -0.371 e. The number of nitriles is 1. The summed E-state index contributed by atoms with van der Waals surface area (Å²) in [5.41, 5.74) is 9.76. The van der Waals surface area contributed by atoms with Gasteiger partial charge in [0, 0.05) is 24.8 Å². The number of hydrogen-bond donors (Lipinski definition) is 1. The lowest BCUT2D eigenvalue weighted by Gasteiger charge is -2.28. The van der Waals surface area contributed by atoms with Gasteiger partial charge in [-0.05, 0) is 81.4 Å². The predicted octanol–water partition coefficient (Wildman–Crippen LogP) is 6.26. The molecule has 1 aliphatic carbocycles. The first kappa shape index (κ1) is 24.2. The van der Waals surface area contributed by atoms with E-state index in [1.807, 2.05) is 0 Å². The average molecular weight is 408 g/mol. The van der Waals surface area contributed by atoms with Crippen molar-refractivity contribution in [3.8, 4) is 6.07 Å². The normalized spacial score (nSPS) is 20.4. The third-order valence-corrected chi connectivity index (χ3v) is 6.14. The smallest absolute Gasteiger partial charge is 0.0659 e. The molecule has 1 aliphatic rings. The first-order valence-corrected chi connectivity index (χ1v) is 11.7. The molecule has 1 aromatic rings. The van der Waals surface area contributed by atoms with Crippen LogP contribution in [0, 0.1) is 29.1 Å².